The summed E-state index contributed by atoms with van der Waals surface area (Å²) in [6.07, 6.45) is 0. The normalized spacial score (nSPS) is 14.9. The monoisotopic (exact) mass is 408 g/mol. The van der Waals surface area contributed by atoms with E-state index in [9.17, 15) is 14.9 Å². The van der Waals surface area contributed by atoms with Crippen molar-refractivity contribution in [1.82, 2.24) is 4.90 Å². The van der Waals surface area contributed by atoms with E-state index in [0.29, 0.717) is 15.7 Å². The molecule has 0 unspecified atom stereocenters. The molecule has 2 aromatic rings. The zero-order chi connectivity index (χ0) is 19.6. The van der Waals surface area contributed by atoms with Crippen LogP contribution in [0.4, 0.5) is 17.1 Å². The molecule has 27 heavy (non-hydrogen) atoms. The van der Waals surface area contributed by atoms with Crippen molar-refractivity contribution in [3.8, 4) is 0 Å². The van der Waals surface area contributed by atoms with Crippen LogP contribution in [0.15, 0.2) is 36.4 Å². The molecule has 0 saturated carbocycles. The lowest BCUT2D eigenvalue weighted by molar-refractivity contribution is -0.384. The molecule has 1 fully saturated rings. The Bertz CT molecular complexity index is 863. The van der Waals surface area contributed by atoms with Crippen molar-refractivity contribution in [2.75, 3.05) is 43.4 Å². The third kappa shape index (κ3) is 4.68. The molecule has 9 heteroatoms. The smallest absolute Gasteiger partial charge is 0.271 e. The first-order chi connectivity index (χ1) is 12.8. The summed E-state index contributed by atoms with van der Waals surface area (Å²) in [6.45, 7) is 3.27. The van der Waals surface area contributed by atoms with Gasteiger partial charge >= 0.3 is 0 Å². The molecule has 0 aromatic heterocycles. The Morgan fingerprint density at radius 2 is 1.70 bits per heavy atom. The number of likely N-dealkylation sites (N-methyl/N-ethyl adjacent to an activating group) is 1. The third-order valence-corrected chi connectivity index (χ3v) is 4.84. The molecule has 0 spiro atoms. The van der Waals surface area contributed by atoms with Crippen LogP contribution in [0.25, 0.3) is 0 Å². The van der Waals surface area contributed by atoms with E-state index in [1.165, 1.54) is 30.3 Å². The molecule has 1 N–H and O–H groups in total. The Hall–Kier alpha value is -2.35. The van der Waals surface area contributed by atoms with Gasteiger partial charge in [0.25, 0.3) is 11.6 Å². The molecule has 3 rings (SSSR count). The van der Waals surface area contributed by atoms with Crippen molar-refractivity contribution in [2.45, 2.75) is 0 Å². The number of non-ortho nitro benzene ring substituents is 1. The second-order valence-corrected chi connectivity index (χ2v) is 7.23. The lowest BCUT2D eigenvalue weighted by atomic mass is 10.1. The highest BCUT2D eigenvalue weighted by Crippen LogP contribution is 2.31. The van der Waals surface area contributed by atoms with Gasteiger partial charge < -0.3 is 15.1 Å². The van der Waals surface area contributed by atoms with Gasteiger partial charge in [0.05, 0.1) is 16.3 Å². The Balaban J connectivity index is 1.92. The maximum atomic E-state index is 12.7. The molecular formula is C18H18Cl2N4O3. The second-order valence-electron chi connectivity index (χ2n) is 6.36. The molecule has 0 radical (unpaired) electrons. The fourth-order valence-corrected chi connectivity index (χ4v) is 3.47. The summed E-state index contributed by atoms with van der Waals surface area (Å²) >= 11 is 11.9. The molecule has 1 aliphatic rings. The molecule has 0 aliphatic carbocycles. The molecule has 1 heterocycles. The number of nitro groups is 1. The summed E-state index contributed by atoms with van der Waals surface area (Å²) in [5.74, 6) is -0.435. The van der Waals surface area contributed by atoms with Gasteiger partial charge in [-0.1, -0.05) is 23.2 Å². The maximum absolute atomic E-state index is 12.7. The third-order valence-electron chi connectivity index (χ3n) is 4.41. The molecule has 0 atom stereocenters. The number of carbonyl (C=O) groups excluding carboxylic acids is 1. The van der Waals surface area contributed by atoms with Crippen LogP contribution in [0, 0.1) is 10.1 Å². The van der Waals surface area contributed by atoms with Gasteiger partial charge in [-0.2, -0.15) is 0 Å². The fraction of sp³-hybridized carbons (Fsp3) is 0.278. The molecule has 2 aromatic carbocycles. The number of rotatable bonds is 4. The minimum Gasteiger partial charge on any atom is -0.367 e. The number of halogens is 2. The van der Waals surface area contributed by atoms with Crippen LogP contribution >= 0.6 is 23.2 Å². The molecular weight excluding hydrogens is 391 g/mol. The zero-order valence-corrected chi connectivity index (χ0v) is 16.1. The van der Waals surface area contributed by atoms with E-state index in [1.54, 1.807) is 6.07 Å². The summed E-state index contributed by atoms with van der Waals surface area (Å²) in [7, 11) is 2.04. The van der Waals surface area contributed by atoms with Crippen LogP contribution < -0.4 is 10.2 Å². The number of amides is 1. The number of nitro benzene ring substituents is 1. The van der Waals surface area contributed by atoms with E-state index in [4.69, 9.17) is 23.2 Å². The molecule has 1 saturated heterocycles. The van der Waals surface area contributed by atoms with Gasteiger partial charge in [-0.05, 0) is 31.3 Å². The van der Waals surface area contributed by atoms with Crippen molar-refractivity contribution < 1.29 is 9.72 Å². The quantitative estimate of drug-likeness (QED) is 0.612. The first kappa shape index (κ1) is 19.4. The maximum Gasteiger partial charge on any atom is 0.271 e. The minimum atomic E-state index is -0.486. The van der Waals surface area contributed by atoms with Gasteiger partial charge in [-0.3, -0.25) is 14.9 Å². The van der Waals surface area contributed by atoms with Gasteiger partial charge in [0.15, 0.2) is 0 Å². The number of hydrogen-bond acceptors (Lipinski definition) is 5. The first-order valence-electron chi connectivity index (χ1n) is 8.33. The molecule has 7 nitrogen and oxygen atoms in total. The van der Waals surface area contributed by atoms with Crippen LogP contribution in [0.3, 0.4) is 0 Å². The Labute approximate surface area is 166 Å². The number of carbonyl (C=O) groups is 1. The topological polar surface area (TPSA) is 78.7 Å². The van der Waals surface area contributed by atoms with Crippen LogP contribution in [0.2, 0.25) is 10.0 Å². The average Bonchev–Trinajstić information content (AvgIpc) is 2.61. The first-order valence-corrected chi connectivity index (χ1v) is 9.08. The highest BCUT2D eigenvalue weighted by Gasteiger charge is 2.21. The number of piperazine rings is 1. The van der Waals surface area contributed by atoms with Crippen LogP contribution in [0.5, 0.6) is 0 Å². The number of anilines is 2. The SMILES string of the molecule is CN1CCN(c2ccc([N+](=O)[O-])cc2NC(=O)c2cc(Cl)cc(Cl)c2)CC1. The molecule has 1 amide bonds. The number of hydrogen-bond donors (Lipinski definition) is 1. The lowest BCUT2D eigenvalue weighted by Gasteiger charge is -2.35. The van der Waals surface area contributed by atoms with E-state index in [1.807, 2.05) is 7.05 Å². The predicted molar refractivity (Wildman–Crippen MR) is 107 cm³/mol. The van der Waals surface area contributed by atoms with Gasteiger partial charge in [0.1, 0.15) is 0 Å². The lowest BCUT2D eigenvalue weighted by Crippen LogP contribution is -2.44. The fourth-order valence-electron chi connectivity index (χ4n) is 2.94. The summed E-state index contributed by atoms with van der Waals surface area (Å²) in [4.78, 5) is 27.6. The summed E-state index contributed by atoms with van der Waals surface area (Å²) in [6, 6.07) is 9.01. The predicted octanol–water partition coefficient (Wildman–Crippen LogP) is 3.91. The molecule has 1 aliphatic heterocycles. The van der Waals surface area contributed by atoms with Crippen molar-refractivity contribution in [2.24, 2.45) is 0 Å². The van der Waals surface area contributed by atoms with Gasteiger partial charge in [0, 0.05) is 53.9 Å². The zero-order valence-electron chi connectivity index (χ0n) is 14.6. The average molecular weight is 409 g/mol. The summed E-state index contributed by atoms with van der Waals surface area (Å²) < 4.78 is 0. The number of nitrogens with zero attached hydrogens (tertiary/aromatic N) is 3. The largest absolute Gasteiger partial charge is 0.367 e. The van der Waals surface area contributed by atoms with Crippen molar-refractivity contribution in [1.29, 1.82) is 0 Å². The van der Waals surface area contributed by atoms with E-state index < -0.39 is 10.8 Å². The van der Waals surface area contributed by atoms with Crippen LogP contribution in [0.1, 0.15) is 10.4 Å². The standard InChI is InChI=1S/C18H18Cl2N4O3/c1-22-4-6-23(7-5-22)17-3-2-15(24(26)27)11-16(17)21-18(25)12-8-13(19)10-14(20)9-12/h2-3,8-11H,4-7H2,1H3,(H,21,25). The number of benzene rings is 2. The Kier molecular flexibility index (Phi) is 5.84. The molecule has 142 valence electrons. The second kappa shape index (κ2) is 8.12. The van der Waals surface area contributed by atoms with E-state index >= 15 is 0 Å². The summed E-state index contributed by atoms with van der Waals surface area (Å²) in [5.41, 5.74) is 1.32. The summed E-state index contributed by atoms with van der Waals surface area (Å²) in [5, 5.41) is 14.6. The van der Waals surface area contributed by atoms with Crippen molar-refractivity contribution in [3.63, 3.8) is 0 Å². The van der Waals surface area contributed by atoms with Gasteiger partial charge in [-0.25, -0.2) is 0 Å². The van der Waals surface area contributed by atoms with E-state index in [2.05, 4.69) is 15.1 Å². The highest BCUT2D eigenvalue weighted by molar-refractivity contribution is 6.35. The van der Waals surface area contributed by atoms with Crippen LogP contribution in [-0.2, 0) is 0 Å². The van der Waals surface area contributed by atoms with E-state index in [-0.39, 0.29) is 11.3 Å². The number of nitrogens with one attached hydrogen (secondary N) is 1. The van der Waals surface area contributed by atoms with Crippen molar-refractivity contribution in [3.05, 3.63) is 62.1 Å². The van der Waals surface area contributed by atoms with E-state index in [0.717, 1.165) is 31.9 Å². The molecule has 0 bridgehead atoms. The minimum absolute atomic E-state index is 0.0905. The van der Waals surface area contributed by atoms with Crippen molar-refractivity contribution >= 4 is 46.2 Å². The Morgan fingerprint density at radius 1 is 1.07 bits per heavy atom. The Morgan fingerprint density at radius 3 is 2.30 bits per heavy atom. The van der Waals surface area contributed by atoms with Gasteiger partial charge in [0.2, 0.25) is 0 Å². The van der Waals surface area contributed by atoms with Gasteiger partial charge in [-0.15, -0.1) is 0 Å². The highest BCUT2D eigenvalue weighted by atomic mass is 35.5. The van der Waals surface area contributed by atoms with Crippen LogP contribution in [-0.4, -0.2) is 49.0 Å².